The summed E-state index contributed by atoms with van der Waals surface area (Å²) in [6.07, 6.45) is 0. The smallest absolute Gasteiger partial charge is 0.138 e. The Bertz CT molecular complexity index is 528. The van der Waals surface area contributed by atoms with Gasteiger partial charge in [-0.25, -0.2) is 0 Å². The van der Waals surface area contributed by atoms with Gasteiger partial charge in [-0.15, -0.1) is 0 Å². The van der Waals surface area contributed by atoms with Gasteiger partial charge in [0.05, 0.1) is 13.2 Å². The van der Waals surface area contributed by atoms with Crippen molar-refractivity contribution in [3.8, 4) is 5.75 Å². The average molecular weight is 233 g/mol. The molecule has 1 heterocycles. The minimum Gasteiger partial charge on any atom is -0.497 e. The number of rotatable bonds is 3. The Balaban J connectivity index is 2.56. The summed E-state index contributed by atoms with van der Waals surface area (Å²) >= 11 is 0. The van der Waals surface area contributed by atoms with Crippen LogP contribution in [0.25, 0.3) is 11.0 Å². The van der Waals surface area contributed by atoms with Crippen LogP contribution in [0.4, 0.5) is 0 Å². The number of ether oxygens (including phenoxy) is 1. The van der Waals surface area contributed by atoms with Crippen molar-refractivity contribution < 1.29 is 9.15 Å². The first-order valence-corrected chi connectivity index (χ1v) is 5.87. The maximum atomic E-state index is 6.15. The topological polar surface area (TPSA) is 48.4 Å². The highest BCUT2D eigenvalue weighted by atomic mass is 16.5. The van der Waals surface area contributed by atoms with Crippen molar-refractivity contribution in [1.82, 2.24) is 0 Å². The maximum Gasteiger partial charge on any atom is 0.138 e. The van der Waals surface area contributed by atoms with Gasteiger partial charge in [0.25, 0.3) is 0 Å². The lowest BCUT2D eigenvalue weighted by atomic mass is 9.99. The van der Waals surface area contributed by atoms with E-state index < -0.39 is 0 Å². The van der Waals surface area contributed by atoms with Gasteiger partial charge >= 0.3 is 0 Å². The van der Waals surface area contributed by atoms with Crippen molar-refractivity contribution in [2.24, 2.45) is 11.7 Å². The van der Waals surface area contributed by atoms with E-state index in [-0.39, 0.29) is 6.04 Å². The number of hydrogen-bond acceptors (Lipinski definition) is 3. The molecule has 2 rings (SSSR count). The Morgan fingerprint density at radius 2 is 2.00 bits per heavy atom. The fourth-order valence-electron chi connectivity index (χ4n) is 1.97. The lowest BCUT2D eigenvalue weighted by molar-refractivity contribution is 0.407. The summed E-state index contributed by atoms with van der Waals surface area (Å²) in [7, 11) is 1.65. The van der Waals surface area contributed by atoms with Crippen molar-refractivity contribution in [2.45, 2.75) is 26.8 Å². The molecule has 17 heavy (non-hydrogen) atoms. The van der Waals surface area contributed by atoms with Crippen LogP contribution in [0.3, 0.4) is 0 Å². The van der Waals surface area contributed by atoms with E-state index in [2.05, 4.69) is 20.8 Å². The Morgan fingerprint density at radius 3 is 2.59 bits per heavy atom. The Kier molecular flexibility index (Phi) is 3.11. The number of hydrogen-bond donors (Lipinski definition) is 1. The van der Waals surface area contributed by atoms with Crippen LogP contribution >= 0.6 is 0 Å². The molecule has 2 aromatic rings. The first kappa shape index (κ1) is 12.0. The monoisotopic (exact) mass is 233 g/mol. The molecule has 0 bridgehead atoms. The van der Waals surface area contributed by atoms with E-state index in [0.717, 1.165) is 28.0 Å². The van der Waals surface area contributed by atoms with Crippen molar-refractivity contribution in [3.63, 3.8) is 0 Å². The molecule has 0 aliphatic carbocycles. The molecule has 0 aliphatic heterocycles. The maximum absolute atomic E-state index is 6.15. The Hall–Kier alpha value is -1.48. The second-order valence-electron chi connectivity index (χ2n) is 4.72. The summed E-state index contributed by atoms with van der Waals surface area (Å²) in [5, 5.41) is 1.11. The molecule has 92 valence electrons. The highest BCUT2D eigenvalue weighted by Crippen LogP contribution is 2.33. The van der Waals surface area contributed by atoms with Crippen LogP contribution in [-0.2, 0) is 0 Å². The molecule has 1 unspecified atom stereocenters. The normalized spacial score (nSPS) is 13.3. The zero-order valence-electron chi connectivity index (χ0n) is 10.8. The number of fused-ring (bicyclic) bond motifs is 1. The van der Waals surface area contributed by atoms with E-state index in [1.165, 1.54) is 0 Å². The fraction of sp³-hybridized carbons (Fsp3) is 0.429. The largest absolute Gasteiger partial charge is 0.497 e. The number of furan rings is 1. The summed E-state index contributed by atoms with van der Waals surface area (Å²) in [4.78, 5) is 0. The number of methoxy groups -OCH3 is 1. The molecule has 0 saturated carbocycles. The van der Waals surface area contributed by atoms with Crippen molar-refractivity contribution >= 4 is 11.0 Å². The molecular formula is C14H19NO2. The number of nitrogens with two attached hydrogens (primary N) is 1. The minimum absolute atomic E-state index is 0.0617. The van der Waals surface area contributed by atoms with Gasteiger partial charge < -0.3 is 14.9 Å². The van der Waals surface area contributed by atoms with Crippen LogP contribution in [0.2, 0.25) is 0 Å². The molecule has 1 atom stereocenters. The predicted molar refractivity (Wildman–Crippen MR) is 69.3 cm³/mol. The summed E-state index contributed by atoms with van der Waals surface area (Å²) in [6.45, 7) is 6.24. The molecule has 1 aromatic carbocycles. The van der Waals surface area contributed by atoms with Crippen LogP contribution in [0.5, 0.6) is 5.75 Å². The molecule has 0 saturated heterocycles. The standard InChI is InChI=1S/C14H19NO2/c1-8(2)13(15)14-9(3)11-6-5-10(16-4)7-12(11)17-14/h5-8,13H,15H2,1-4H3. The van der Waals surface area contributed by atoms with Gasteiger partial charge in [0, 0.05) is 11.5 Å². The van der Waals surface area contributed by atoms with Crippen molar-refractivity contribution in [1.29, 1.82) is 0 Å². The molecule has 0 aliphatic rings. The second-order valence-corrected chi connectivity index (χ2v) is 4.72. The van der Waals surface area contributed by atoms with Gasteiger partial charge in [0.15, 0.2) is 0 Å². The summed E-state index contributed by atoms with van der Waals surface area (Å²) in [5.41, 5.74) is 8.12. The molecule has 0 radical (unpaired) electrons. The fourth-order valence-corrected chi connectivity index (χ4v) is 1.97. The van der Waals surface area contributed by atoms with E-state index in [1.807, 2.05) is 18.2 Å². The summed E-state index contributed by atoms with van der Waals surface area (Å²) in [5.74, 6) is 2.04. The molecule has 3 nitrogen and oxygen atoms in total. The van der Waals surface area contributed by atoms with Gasteiger partial charge in [-0.3, -0.25) is 0 Å². The van der Waals surface area contributed by atoms with E-state index >= 15 is 0 Å². The zero-order valence-corrected chi connectivity index (χ0v) is 10.8. The van der Waals surface area contributed by atoms with Crippen LogP contribution < -0.4 is 10.5 Å². The molecular weight excluding hydrogens is 214 g/mol. The second kappa shape index (κ2) is 4.41. The highest BCUT2D eigenvalue weighted by Gasteiger charge is 2.19. The van der Waals surface area contributed by atoms with Gasteiger partial charge in [-0.2, -0.15) is 0 Å². The van der Waals surface area contributed by atoms with Gasteiger partial charge in [0.1, 0.15) is 17.1 Å². The zero-order chi connectivity index (χ0) is 12.6. The lowest BCUT2D eigenvalue weighted by Gasteiger charge is -2.13. The average Bonchev–Trinajstić information content (AvgIpc) is 2.65. The van der Waals surface area contributed by atoms with Crippen molar-refractivity contribution in [3.05, 3.63) is 29.5 Å². The quantitative estimate of drug-likeness (QED) is 0.883. The van der Waals surface area contributed by atoms with E-state index in [0.29, 0.717) is 5.92 Å². The molecule has 0 spiro atoms. The molecule has 3 heteroatoms. The van der Waals surface area contributed by atoms with Crippen LogP contribution in [0.15, 0.2) is 22.6 Å². The van der Waals surface area contributed by atoms with Gasteiger partial charge in [-0.05, 0) is 30.5 Å². The number of benzene rings is 1. The molecule has 2 N–H and O–H groups in total. The van der Waals surface area contributed by atoms with Gasteiger partial charge in [0.2, 0.25) is 0 Å². The van der Waals surface area contributed by atoms with E-state index in [9.17, 15) is 0 Å². The summed E-state index contributed by atoms with van der Waals surface area (Å²) in [6, 6.07) is 5.80. The number of aryl methyl sites for hydroxylation is 1. The van der Waals surface area contributed by atoms with Crippen LogP contribution in [0.1, 0.15) is 31.2 Å². The first-order chi connectivity index (χ1) is 8.04. The SMILES string of the molecule is COc1ccc2c(C)c(C(N)C(C)C)oc2c1. The lowest BCUT2D eigenvalue weighted by Crippen LogP contribution is -2.16. The van der Waals surface area contributed by atoms with Crippen molar-refractivity contribution in [2.75, 3.05) is 7.11 Å². The predicted octanol–water partition coefficient (Wildman–Crippen LogP) is 3.41. The molecule has 0 amide bonds. The summed E-state index contributed by atoms with van der Waals surface area (Å²) < 4.78 is 11.0. The Morgan fingerprint density at radius 1 is 1.29 bits per heavy atom. The first-order valence-electron chi connectivity index (χ1n) is 5.87. The van der Waals surface area contributed by atoms with E-state index in [1.54, 1.807) is 7.11 Å². The third kappa shape index (κ3) is 2.03. The molecule has 1 aromatic heterocycles. The Labute approximate surface area is 102 Å². The van der Waals surface area contributed by atoms with Crippen LogP contribution in [0, 0.1) is 12.8 Å². The van der Waals surface area contributed by atoms with Gasteiger partial charge in [-0.1, -0.05) is 13.8 Å². The molecule has 0 fully saturated rings. The van der Waals surface area contributed by atoms with E-state index in [4.69, 9.17) is 14.9 Å². The third-order valence-electron chi connectivity index (χ3n) is 3.20. The highest BCUT2D eigenvalue weighted by molar-refractivity contribution is 5.83. The minimum atomic E-state index is -0.0617. The van der Waals surface area contributed by atoms with Crippen LogP contribution in [-0.4, -0.2) is 7.11 Å². The third-order valence-corrected chi connectivity index (χ3v) is 3.20.